The molecule has 0 bridgehead atoms. The van der Waals surface area contributed by atoms with Crippen LogP contribution in [-0.4, -0.2) is 34.4 Å². The summed E-state index contributed by atoms with van der Waals surface area (Å²) in [6.07, 6.45) is 2.27. The second kappa shape index (κ2) is 5.44. The van der Waals surface area contributed by atoms with Crippen molar-refractivity contribution in [3.05, 3.63) is 11.4 Å². The Morgan fingerprint density at radius 2 is 2.20 bits per heavy atom. The topological polar surface area (TPSA) is 82.2 Å². The van der Waals surface area contributed by atoms with E-state index < -0.39 is 0 Å². The molecule has 1 aromatic rings. The fraction of sp³-hybridized carbons (Fsp3) is 0.714. The SMILES string of the molecule is Cc1nn(C)c(C)c1OCC(=O)NC(C)(CN)C1CC1. The van der Waals surface area contributed by atoms with Crippen molar-refractivity contribution in [3.8, 4) is 5.75 Å². The maximum absolute atomic E-state index is 12.0. The van der Waals surface area contributed by atoms with Crippen LogP contribution in [0.4, 0.5) is 0 Å². The molecule has 6 heteroatoms. The minimum absolute atomic E-state index is 0.00428. The number of nitrogens with two attached hydrogens (primary N) is 1. The van der Waals surface area contributed by atoms with Crippen molar-refractivity contribution in [2.75, 3.05) is 13.2 Å². The van der Waals surface area contributed by atoms with Crippen LogP contribution in [0.15, 0.2) is 0 Å². The van der Waals surface area contributed by atoms with Gasteiger partial charge in [0.15, 0.2) is 12.4 Å². The van der Waals surface area contributed by atoms with E-state index in [1.807, 2.05) is 27.8 Å². The van der Waals surface area contributed by atoms with E-state index in [1.54, 1.807) is 4.68 Å². The van der Waals surface area contributed by atoms with Crippen LogP contribution in [0.25, 0.3) is 0 Å². The third-order valence-corrected chi connectivity index (χ3v) is 4.12. The number of rotatable bonds is 6. The fourth-order valence-electron chi connectivity index (χ4n) is 2.50. The summed E-state index contributed by atoms with van der Waals surface area (Å²) in [5.41, 5.74) is 7.19. The average Bonchev–Trinajstić information content (AvgIpc) is 3.19. The molecule has 112 valence electrons. The Morgan fingerprint density at radius 3 is 2.65 bits per heavy atom. The first-order valence-electron chi connectivity index (χ1n) is 7.01. The Balaban J connectivity index is 1.92. The number of carbonyl (C=O) groups is 1. The molecule has 20 heavy (non-hydrogen) atoms. The maximum atomic E-state index is 12.0. The third-order valence-electron chi connectivity index (χ3n) is 4.12. The number of nitrogens with one attached hydrogen (secondary N) is 1. The first-order chi connectivity index (χ1) is 9.37. The van der Waals surface area contributed by atoms with Gasteiger partial charge in [-0.15, -0.1) is 0 Å². The first-order valence-corrected chi connectivity index (χ1v) is 7.01. The number of aromatic nitrogens is 2. The quantitative estimate of drug-likeness (QED) is 0.802. The zero-order chi connectivity index (χ0) is 14.9. The number of ether oxygens (including phenoxy) is 1. The zero-order valence-electron chi connectivity index (χ0n) is 12.7. The molecular weight excluding hydrogens is 256 g/mol. The molecule has 3 N–H and O–H groups in total. The van der Waals surface area contributed by atoms with Crippen LogP contribution >= 0.6 is 0 Å². The molecule has 0 radical (unpaired) electrons. The van der Waals surface area contributed by atoms with Gasteiger partial charge in [0.05, 0.1) is 11.2 Å². The van der Waals surface area contributed by atoms with E-state index in [9.17, 15) is 4.79 Å². The summed E-state index contributed by atoms with van der Waals surface area (Å²) >= 11 is 0. The van der Waals surface area contributed by atoms with Crippen molar-refractivity contribution < 1.29 is 9.53 Å². The van der Waals surface area contributed by atoms with Gasteiger partial charge in [0.25, 0.3) is 5.91 Å². The summed E-state index contributed by atoms with van der Waals surface area (Å²) in [5, 5.41) is 7.26. The molecule has 0 aliphatic heterocycles. The maximum Gasteiger partial charge on any atom is 0.258 e. The van der Waals surface area contributed by atoms with Crippen LogP contribution in [0.5, 0.6) is 5.75 Å². The number of carbonyl (C=O) groups excluding carboxylic acids is 1. The van der Waals surface area contributed by atoms with Crippen molar-refractivity contribution >= 4 is 5.91 Å². The van der Waals surface area contributed by atoms with E-state index in [-0.39, 0.29) is 18.1 Å². The summed E-state index contributed by atoms with van der Waals surface area (Å²) in [4.78, 5) is 12.0. The molecule has 0 saturated heterocycles. The fourth-order valence-corrected chi connectivity index (χ4v) is 2.50. The minimum Gasteiger partial charge on any atom is -0.480 e. The van der Waals surface area contributed by atoms with Gasteiger partial charge in [0, 0.05) is 13.6 Å². The summed E-state index contributed by atoms with van der Waals surface area (Å²) in [5.74, 6) is 1.05. The molecule has 1 aliphatic rings. The highest BCUT2D eigenvalue weighted by Gasteiger charge is 2.41. The standard InChI is InChI=1S/C14H24N4O2/c1-9-13(10(2)18(4)17-9)20-7-12(19)16-14(3,8-15)11-5-6-11/h11H,5-8,15H2,1-4H3,(H,16,19). The average molecular weight is 280 g/mol. The Kier molecular flexibility index (Phi) is 4.04. The van der Waals surface area contributed by atoms with Gasteiger partial charge < -0.3 is 15.8 Å². The molecule has 1 fully saturated rings. The second-order valence-electron chi connectivity index (χ2n) is 5.86. The van der Waals surface area contributed by atoms with Crippen LogP contribution in [0, 0.1) is 19.8 Å². The molecule has 2 rings (SSSR count). The van der Waals surface area contributed by atoms with Crippen molar-refractivity contribution in [2.24, 2.45) is 18.7 Å². The van der Waals surface area contributed by atoms with Gasteiger partial charge in [-0.1, -0.05) is 0 Å². The molecule has 6 nitrogen and oxygen atoms in total. The van der Waals surface area contributed by atoms with E-state index in [1.165, 1.54) is 0 Å². The summed E-state index contributed by atoms with van der Waals surface area (Å²) in [6.45, 7) is 6.24. The highest BCUT2D eigenvalue weighted by molar-refractivity contribution is 5.78. The van der Waals surface area contributed by atoms with E-state index in [0.29, 0.717) is 18.2 Å². The molecular formula is C14H24N4O2. The lowest BCUT2D eigenvalue weighted by atomic mass is 9.96. The highest BCUT2D eigenvalue weighted by atomic mass is 16.5. The predicted octanol–water partition coefficient (Wildman–Crippen LogP) is 0.659. The Bertz CT molecular complexity index is 508. The molecule has 1 saturated carbocycles. The minimum atomic E-state index is -0.306. The van der Waals surface area contributed by atoms with Crippen molar-refractivity contribution in [1.82, 2.24) is 15.1 Å². The van der Waals surface area contributed by atoms with Crippen LogP contribution < -0.4 is 15.8 Å². The Hall–Kier alpha value is -1.56. The van der Waals surface area contributed by atoms with Crippen molar-refractivity contribution in [1.29, 1.82) is 0 Å². The van der Waals surface area contributed by atoms with E-state index in [2.05, 4.69) is 10.4 Å². The summed E-state index contributed by atoms with van der Waals surface area (Å²) in [6, 6.07) is 0. The van der Waals surface area contributed by atoms with Crippen LogP contribution in [0.1, 0.15) is 31.2 Å². The lowest BCUT2D eigenvalue weighted by molar-refractivity contribution is -0.125. The lowest BCUT2D eigenvalue weighted by Gasteiger charge is -2.29. The van der Waals surface area contributed by atoms with Gasteiger partial charge in [-0.3, -0.25) is 9.48 Å². The molecule has 1 amide bonds. The monoisotopic (exact) mass is 280 g/mol. The predicted molar refractivity (Wildman–Crippen MR) is 76.5 cm³/mol. The van der Waals surface area contributed by atoms with Gasteiger partial charge in [-0.25, -0.2) is 0 Å². The van der Waals surface area contributed by atoms with Gasteiger partial charge >= 0.3 is 0 Å². The van der Waals surface area contributed by atoms with E-state index in [0.717, 1.165) is 24.2 Å². The number of nitrogens with zero attached hydrogens (tertiary/aromatic N) is 2. The second-order valence-corrected chi connectivity index (χ2v) is 5.86. The molecule has 1 atom stereocenters. The number of hydrogen-bond acceptors (Lipinski definition) is 4. The molecule has 1 aromatic heterocycles. The van der Waals surface area contributed by atoms with Crippen molar-refractivity contribution in [3.63, 3.8) is 0 Å². The highest BCUT2D eigenvalue weighted by Crippen LogP contribution is 2.38. The van der Waals surface area contributed by atoms with E-state index >= 15 is 0 Å². The van der Waals surface area contributed by atoms with Gasteiger partial charge in [0.2, 0.25) is 0 Å². The first kappa shape index (κ1) is 14.8. The summed E-state index contributed by atoms with van der Waals surface area (Å²) in [7, 11) is 1.86. The molecule has 1 unspecified atom stereocenters. The lowest BCUT2D eigenvalue weighted by Crippen LogP contribution is -2.54. The number of aryl methyl sites for hydroxylation is 2. The van der Waals surface area contributed by atoms with Crippen LogP contribution in [0.2, 0.25) is 0 Å². The largest absolute Gasteiger partial charge is 0.480 e. The van der Waals surface area contributed by atoms with Crippen molar-refractivity contribution in [2.45, 2.75) is 39.2 Å². The third kappa shape index (κ3) is 2.95. The van der Waals surface area contributed by atoms with Gasteiger partial charge in [0.1, 0.15) is 5.69 Å². The smallest absolute Gasteiger partial charge is 0.258 e. The van der Waals surface area contributed by atoms with E-state index in [4.69, 9.17) is 10.5 Å². The molecule has 1 aliphatic carbocycles. The summed E-state index contributed by atoms with van der Waals surface area (Å²) < 4.78 is 7.35. The molecule has 0 aromatic carbocycles. The van der Waals surface area contributed by atoms with Gasteiger partial charge in [-0.2, -0.15) is 5.10 Å². The zero-order valence-corrected chi connectivity index (χ0v) is 12.7. The molecule has 0 spiro atoms. The van der Waals surface area contributed by atoms with Crippen LogP contribution in [0.3, 0.4) is 0 Å². The van der Waals surface area contributed by atoms with Gasteiger partial charge in [-0.05, 0) is 39.5 Å². The van der Waals surface area contributed by atoms with Crippen LogP contribution in [-0.2, 0) is 11.8 Å². The Labute approximate surface area is 119 Å². The molecule has 1 heterocycles. The Morgan fingerprint density at radius 1 is 1.55 bits per heavy atom. The normalized spacial score (nSPS) is 17.6. The number of amides is 1. The number of hydrogen-bond donors (Lipinski definition) is 2.